The van der Waals surface area contributed by atoms with E-state index in [1.165, 1.54) is 5.56 Å². The quantitative estimate of drug-likeness (QED) is 0.143. The fourth-order valence-electron chi connectivity index (χ4n) is 5.91. The van der Waals surface area contributed by atoms with Crippen molar-refractivity contribution in [2.24, 2.45) is 0 Å². The molecule has 0 aliphatic carbocycles. The van der Waals surface area contributed by atoms with Crippen LogP contribution in [0.3, 0.4) is 0 Å². The van der Waals surface area contributed by atoms with E-state index in [0.29, 0.717) is 18.9 Å². The van der Waals surface area contributed by atoms with E-state index in [1.807, 2.05) is 30.3 Å². The summed E-state index contributed by atoms with van der Waals surface area (Å²) in [5.41, 5.74) is 3.75. The third kappa shape index (κ3) is 5.89. The van der Waals surface area contributed by atoms with Crippen molar-refractivity contribution in [1.29, 1.82) is 0 Å². The normalized spacial score (nSPS) is 16.3. The van der Waals surface area contributed by atoms with Gasteiger partial charge in [-0.05, 0) is 47.4 Å². The molecule has 1 saturated heterocycles. The molecule has 0 bridgehead atoms. The van der Waals surface area contributed by atoms with Crippen molar-refractivity contribution in [3.8, 4) is 0 Å². The highest BCUT2D eigenvalue weighted by molar-refractivity contribution is 5.78. The number of allylic oxidation sites excluding steroid dienone is 1. The second-order valence-corrected chi connectivity index (χ2v) is 10.3. The molecule has 198 valence electrons. The molecule has 4 aromatic carbocycles. The molecule has 1 aliphatic rings. The minimum Gasteiger partial charge on any atom is -0.359 e. The Balaban J connectivity index is 1.42. The summed E-state index contributed by atoms with van der Waals surface area (Å²) in [6.07, 6.45) is 5.16. The van der Waals surface area contributed by atoms with Crippen LogP contribution in [0.2, 0.25) is 0 Å². The fraction of sp³-hybridized carbons (Fsp3) is 0.250. The van der Waals surface area contributed by atoms with Crippen LogP contribution in [0.5, 0.6) is 0 Å². The minimum absolute atomic E-state index is 0.0353. The molecule has 0 radical (unpaired) electrons. The minimum atomic E-state index is -0.781. The van der Waals surface area contributed by atoms with Gasteiger partial charge in [-0.3, -0.25) is 4.79 Å². The number of carbonyl (C=O) groups excluding carboxylic acids is 1. The Kier molecular flexibility index (Phi) is 8.70. The summed E-state index contributed by atoms with van der Waals surface area (Å²) >= 11 is 0. The largest absolute Gasteiger partial charge is 0.359 e. The van der Waals surface area contributed by atoms with Crippen molar-refractivity contribution in [3.05, 3.63) is 156 Å². The van der Waals surface area contributed by atoms with Crippen LogP contribution in [0, 0.1) is 0 Å². The molecule has 3 nitrogen and oxygen atoms in total. The monoisotopic (exact) mass is 515 g/mol. The van der Waals surface area contributed by atoms with Crippen LogP contribution < -0.4 is 0 Å². The van der Waals surface area contributed by atoms with Gasteiger partial charge in [0.15, 0.2) is 0 Å². The standard InChI is InChI=1S/C36H37NO2/c1-2-15-29(30-16-7-3-8-17-30)26-27-37-34(24-25-35(37)38)28-39-36(31-18-9-4-10-19-31,32-20-11-5-12-21-32)33-22-13-6-14-23-33/h2-14,16-23,29,34H,1,15,24-28H2/t29-,34?/m0/s1. The van der Waals surface area contributed by atoms with E-state index in [1.54, 1.807) is 0 Å². The first-order chi connectivity index (χ1) is 19.2. The molecule has 0 spiro atoms. The van der Waals surface area contributed by atoms with E-state index in [2.05, 4.69) is 109 Å². The van der Waals surface area contributed by atoms with Crippen LogP contribution in [0.1, 0.15) is 53.9 Å². The number of hydrogen-bond acceptors (Lipinski definition) is 2. The first-order valence-corrected chi connectivity index (χ1v) is 14.0. The Morgan fingerprint density at radius 1 is 0.795 bits per heavy atom. The summed E-state index contributed by atoms with van der Waals surface area (Å²) in [4.78, 5) is 15.1. The molecule has 3 heteroatoms. The second-order valence-electron chi connectivity index (χ2n) is 10.3. The Hall–Kier alpha value is -3.95. The zero-order valence-corrected chi connectivity index (χ0v) is 22.5. The lowest BCUT2D eigenvalue weighted by molar-refractivity contribution is -0.130. The summed E-state index contributed by atoms with van der Waals surface area (Å²) < 4.78 is 7.08. The molecule has 1 fully saturated rings. The van der Waals surface area contributed by atoms with Gasteiger partial charge in [0.25, 0.3) is 0 Å². The second kappa shape index (κ2) is 12.7. The van der Waals surface area contributed by atoms with Gasteiger partial charge in [0.1, 0.15) is 5.60 Å². The number of ether oxygens (including phenoxy) is 1. The predicted octanol–water partition coefficient (Wildman–Crippen LogP) is 7.74. The van der Waals surface area contributed by atoms with Gasteiger partial charge in [-0.1, -0.05) is 127 Å². The third-order valence-corrected chi connectivity index (χ3v) is 7.93. The molecule has 0 N–H and O–H groups in total. The van der Waals surface area contributed by atoms with Crippen molar-refractivity contribution < 1.29 is 9.53 Å². The van der Waals surface area contributed by atoms with Crippen LogP contribution in [0.25, 0.3) is 0 Å². The molecule has 4 aromatic rings. The van der Waals surface area contributed by atoms with Crippen molar-refractivity contribution >= 4 is 5.91 Å². The molecule has 1 aliphatic heterocycles. The highest BCUT2D eigenvalue weighted by Gasteiger charge is 2.40. The SMILES string of the molecule is C=CC[C@@H](CCN1C(=O)CCC1COC(c1ccccc1)(c1ccccc1)c1ccccc1)c1ccccc1. The van der Waals surface area contributed by atoms with Crippen LogP contribution >= 0.6 is 0 Å². The van der Waals surface area contributed by atoms with Gasteiger partial charge in [0.2, 0.25) is 5.91 Å². The first kappa shape index (κ1) is 26.6. The number of nitrogens with zero attached hydrogens (tertiary/aromatic N) is 1. The summed E-state index contributed by atoms with van der Waals surface area (Å²) in [5, 5.41) is 0. The van der Waals surface area contributed by atoms with Gasteiger partial charge in [0, 0.05) is 13.0 Å². The molecule has 0 aromatic heterocycles. The van der Waals surface area contributed by atoms with Gasteiger partial charge in [-0.25, -0.2) is 0 Å². The van der Waals surface area contributed by atoms with Crippen molar-refractivity contribution in [3.63, 3.8) is 0 Å². The van der Waals surface area contributed by atoms with E-state index in [-0.39, 0.29) is 11.9 Å². The third-order valence-electron chi connectivity index (χ3n) is 7.93. The number of amides is 1. The molecular formula is C36H37NO2. The first-order valence-electron chi connectivity index (χ1n) is 14.0. The van der Waals surface area contributed by atoms with Crippen LogP contribution in [0.15, 0.2) is 134 Å². The summed E-state index contributed by atoms with van der Waals surface area (Å²) in [6, 6.07) is 41.9. The maximum absolute atomic E-state index is 13.1. The highest BCUT2D eigenvalue weighted by atomic mass is 16.5. The van der Waals surface area contributed by atoms with Crippen LogP contribution in [-0.4, -0.2) is 30.0 Å². The van der Waals surface area contributed by atoms with Crippen LogP contribution in [-0.2, 0) is 15.1 Å². The van der Waals surface area contributed by atoms with Crippen molar-refractivity contribution in [2.75, 3.05) is 13.2 Å². The fourth-order valence-corrected chi connectivity index (χ4v) is 5.91. The molecule has 0 saturated carbocycles. The summed E-state index contributed by atoms with van der Waals surface area (Å²) in [7, 11) is 0. The van der Waals surface area contributed by atoms with Gasteiger partial charge >= 0.3 is 0 Å². The number of benzene rings is 4. The Labute approximate surface area is 232 Å². The van der Waals surface area contributed by atoms with E-state index >= 15 is 0 Å². The van der Waals surface area contributed by atoms with E-state index in [0.717, 1.165) is 42.5 Å². The average Bonchev–Trinajstić information content (AvgIpc) is 3.36. The van der Waals surface area contributed by atoms with E-state index < -0.39 is 5.60 Å². The lowest BCUT2D eigenvalue weighted by Gasteiger charge is -2.38. The van der Waals surface area contributed by atoms with Crippen molar-refractivity contribution in [1.82, 2.24) is 4.90 Å². The highest BCUT2D eigenvalue weighted by Crippen LogP contribution is 2.41. The van der Waals surface area contributed by atoms with Crippen LogP contribution in [0.4, 0.5) is 0 Å². The molecule has 5 rings (SSSR count). The maximum atomic E-state index is 13.1. The Morgan fingerprint density at radius 2 is 1.28 bits per heavy atom. The Bertz CT molecular complexity index is 1230. The molecule has 1 amide bonds. The van der Waals surface area contributed by atoms with Gasteiger partial charge in [-0.2, -0.15) is 0 Å². The maximum Gasteiger partial charge on any atom is 0.222 e. The molecule has 2 atom stereocenters. The lowest BCUT2D eigenvalue weighted by Crippen LogP contribution is -2.41. The zero-order chi connectivity index (χ0) is 26.9. The smallest absolute Gasteiger partial charge is 0.222 e. The zero-order valence-electron chi connectivity index (χ0n) is 22.5. The Morgan fingerprint density at radius 3 is 1.77 bits per heavy atom. The number of likely N-dealkylation sites (tertiary alicyclic amines) is 1. The molecule has 1 unspecified atom stereocenters. The van der Waals surface area contributed by atoms with Gasteiger partial charge < -0.3 is 9.64 Å². The van der Waals surface area contributed by atoms with E-state index in [4.69, 9.17) is 4.74 Å². The number of hydrogen-bond donors (Lipinski definition) is 0. The molecular weight excluding hydrogens is 478 g/mol. The van der Waals surface area contributed by atoms with Crippen molar-refractivity contribution in [2.45, 2.75) is 43.2 Å². The number of carbonyl (C=O) groups is 1. The van der Waals surface area contributed by atoms with E-state index in [9.17, 15) is 4.79 Å². The van der Waals surface area contributed by atoms with Gasteiger partial charge in [-0.15, -0.1) is 6.58 Å². The average molecular weight is 516 g/mol. The topological polar surface area (TPSA) is 29.5 Å². The lowest BCUT2D eigenvalue weighted by atomic mass is 9.80. The molecule has 1 heterocycles. The summed E-state index contributed by atoms with van der Waals surface area (Å²) in [5.74, 6) is 0.564. The number of rotatable bonds is 12. The predicted molar refractivity (Wildman–Crippen MR) is 159 cm³/mol. The summed E-state index contributed by atoms with van der Waals surface area (Å²) in [6.45, 7) is 5.16. The molecule has 39 heavy (non-hydrogen) atoms. The van der Waals surface area contributed by atoms with Gasteiger partial charge in [0.05, 0.1) is 12.6 Å².